The van der Waals surface area contributed by atoms with Crippen LogP contribution in [0.1, 0.15) is 43.2 Å². The van der Waals surface area contributed by atoms with E-state index in [0.29, 0.717) is 11.8 Å². The summed E-state index contributed by atoms with van der Waals surface area (Å²) >= 11 is 0. The van der Waals surface area contributed by atoms with E-state index in [4.69, 9.17) is 0 Å². The van der Waals surface area contributed by atoms with Crippen molar-refractivity contribution in [1.29, 1.82) is 0 Å². The Morgan fingerprint density at radius 3 is 2.64 bits per heavy atom. The summed E-state index contributed by atoms with van der Waals surface area (Å²) in [5.74, 6) is 0.829. The minimum absolute atomic E-state index is 0.0815. The maximum Gasteiger partial charge on any atom is 0.127 e. The Kier molecular flexibility index (Phi) is 5.38. The van der Waals surface area contributed by atoms with Crippen molar-refractivity contribution in [3.05, 3.63) is 101 Å². The van der Waals surface area contributed by atoms with E-state index < -0.39 is 0 Å². The van der Waals surface area contributed by atoms with Gasteiger partial charge in [0.15, 0.2) is 0 Å². The molecule has 1 aliphatic heterocycles. The number of nitrogens with zero attached hydrogens (tertiary/aromatic N) is 1. The van der Waals surface area contributed by atoms with Crippen molar-refractivity contribution in [3.63, 3.8) is 0 Å². The van der Waals surface area contributed by atoms with Crippen LogP contribution in [-0.2, 0) is 0 Å². The minimum Gasteiger partial charge on any atom is -0.284 e. The highest BCUT2D eigenvalue weighted by molar-refractivity contribution is 6.11. The molecular formula is C26H26FN. The summed E-state index contributed by atoms with van der Waals surface area (Å²) in [7, 11) is 0. The van der Waals surface area contributed by atoms with Crippen molar-refractivity contribution in [2.75, 3.05) is 6.54 Å². The number of dihydropyridines is 1. The molecule has 1 heterocycles. The van der Waals surface area contributed by atoms with E-state index in [1.54, 1.807) is 6.07 Å². The van der Waals surface area contributed by atoms with Gasteiger partial charge in [-0.3, -0.25) is 4.99 Å². The van der Waals surface area contributed by atoms with Crippen molar-refractivity contribution in [2.45, 2.75) is 32.1 Å². The summed E-state index contributed by atoms with van der Waals surface area (Å²) in [5.41, 5.74) is 5.79. The zero-order chi connectivity index (χ0) is 19.5. The van der Waals surface area contributed by atoms with Crippen LogP contribution >= 0.6 is 0 Å². The Bertz CT molecular complexity index is 964. The molecule has 4 rings (SSSR count). The zero-order valence-electron chi connectivity index (χ0n) is 16.4. The van der Waals surface area contributed by atoms with E-state index in [9.17, 15) is 4.39 Å². The highest BCUT2D eigenvalue weighted by Gasteiger charge is 2.22. The van der Waals surface area contributed by atoms with Gasteiger partial charge in [0, 0.05) is 12.1 Å². The van der Waals surface area contributed by atoms with Gasteiger partial charge in [0.05, 0.1) is 5.71 Å². The molecule has 1 atom stereocenters. The molecule has 0 N–H and O–H groups in total. The second kappa shape index (κ2) is 8.10. The Morgan fingerprint density at radius 2 is 1.96 bits per heavy atom. The maximum absolute atomic E-state index is 14.4. The molecular weight excluding hydrogens is 345 g/mol. The molecule has 1 unspecified atom stereocenters. The zero-order valence-corrected chi connectivity index (χ0v) is 16.4. The minimum atomic E-state index is -0.0815. The van der Waals surface area contributed by atoms with Crippen molar-refractivity contribution < 1.29 is 4.39 Å². The molecule has 1 aromatic rings. The molecule has 1 fully saturated rings. The van der Waals surface area contributed by atoms with Crippen molar-refractivity contribution in [2.24, 2.45) is 10.9 Å². The molecule has 3 aliphatic rings. The first-order valence-corrected chi connectivity index (χ1v) is 10.1. The Labute approximate surface area is 167 Å². The number of hydrogen-bond acceptors (Lipinski definition) is 1. The van der Waals surface area contributed by atoms with Crippen LogP contribution in [0, 0.1) is 11.7 Å². The highest BCUT2D eigenvalue weighted by Crippen LogP contribution is 2.37. The van der Waals surface area contributed by atoms with Crippen LogP contribution in [0.4, 0.5) is 4.39 Å². The van der Waals surface area contributed by atoms with E-state index in [-0.39, 0.29) is 5.82 Å². The van der Waals surface area contributed by atoms with Gasteiger partial charge in [0.2, 0.25) is 0 Å². The molecule has 1 nitrogen and oxygen atoms in total. The highest BCUT2D eigenvalue weighted by atomic mass is 19.1. The molecule has 2 heteroatoms. The Balaban J connectivity index is 1.48. The molecule has 0 bridgehead atoms. The fourth-order valence-electron chi connectivity index (χ4n) is 3.69. The van der Waals surface area contributed by atoms with E-state index in [2.05, 4.69) is 48.9 Å². The van der Waals surface area contributed by atoms with Gasteiger partial charge in [0.1, 0.15) is 5.82 Å². The SMILES string of the molecule is C=C1C=C(/C=C/c2ccc(C3CCC3)c(F)c2)C=CC(C2=NCC(C)C=C2)=C1. The van der Waals surface area contributed by atoms with Crippen LogP contribution in [0.25, 0.3) is 6.08 Å². The standard InChI is InChI=1S/C26H26FN/c1-18-6-13-26(28-17-18)23-11-9-20(14-19(2)15-23)7-8-21-10-12-24(25(27)16-21)22-4-3-5-22/h6-16,18,22H,2-5,17H2,1H3/b8-7+. The molecule has 2 aliphatic carbocycles. The largest absolute Gasteiger partial charge is 0.284 e. The average molecular weight is 371 g/mol. The second-order valence-corrected chi connectivity index (χ2v) is 7.96. The molecule has 0 radical (unpaired) electrons. The van der Waals surface area contributed by atoms with Crippen LogP contribution in [0.3, 0.4) is 0 Å². The van der Waals surface area contributed by atoms with Crippen molar-refractivity contribution in [1.82, 2.24) is 0 Å². The first kappa shape index (κ1) is 18.6. The summed E-state index contributed by atoms with van der Waals surface area (Å²) in [5, 5.41) is 0. The van der Waals surface area contributed by atoms with E-state index in [1.807, 2.05) is 30.4 Å². The summed E-state index contributed by atoms with van der Waals surface area (Å²) in [4.78, 5) is 4.66. The van der Waals surface area contributed by atoms with E-state index in [1.165, 1.54) is 6.42 Å². The lowest BCUT2D eigenvalue weighted by Gasteiger charge is -2.26. The Morgan fingerprint density at radius 1 is 1.11 bits per heavy atom. The van der Waals surface area contributed by atoms with Crippen LogP contribution in [0.2, 0.25) is 0 Å². The van der Waals surface area contributed by atoms with Gasteiger partial charge in [-0.05, 0) is 71.2 Å². The number of halogens is 1. The van der Waals surface area contributed by atoms with Gasteiger partial charge in [-0.25, -0.2) is 4.39 Å². The van der Waals surface area contributed by atoms with E-state index in [0.717, 1.165) is 52.9 Å². The summed E-state index contributed by atoms with van der Waals surface area (Å²) in [6.45, 7) is 7.13. The first-order chi connectivity index (χ1) is 13.6. The molecule has 28 heavy (non-hydrogen) atoms. The quantitative estimate of drug-likeness (QED) is 0.556. The van der Waals surface area contributed by atoms with E-state index >= 15 is 0 Å². The van der Waals surface area contributed by atoms with Crippen LogP contribution in [0.5, 0.6) is 0 Å². The van der Waals surface area contributed by atoms with Gasteiger partial charge >= 0.3 is 0 Å². The second-order valence-electron chi connectivity index (χ2n) is 7.96. The molecule has 142 valence electrons. The average Bonchev–Trinajstić information content (AvgIpc) is 2.82. The normalized spacial score (nSPS) is 22.6. The molecule has 0 spiro atoms. The molecule has 0 saturated heterocycles. The number of allylic oxidation sites excluding steroid dienone is 9. The van der Waals surface area contributed by atoms with Gasteiger partial charge in [-0.2, -0.15) is 0 Å². The Hall–Kier alpha value is -2.74. The van der Waals surface area contributed by atoms with Crippen molar-refractivity contribution in [3.8, 4) is 0 Å². The number of benzene rings is 1. The fourth-order valence-corrected chi connectivity index (χ4v) is 3.69. The van der Waals surface area contributed by atoms with Crippen molar-refractivity contribution >= 4 is 11.8 Å². The molecule has 1 saturated carbocycles. The third kappa shape index (κ3) is 4.22. The monoisotopic (exact) mass is 371 g/mol. The predicted molar refractivity (Wildman–Crippen MR) is 117 cm³/mol. The lowest BCUT2D eigenvalue weighted by molar-refractivity contribution is 0.404. The lowest BCUT2D eigenvalue weighted by Crippen LogP contribution is -2.10. The fraction of sp³-hybridized carbons (Fsp3) is 0.269. The number of aliphatic imine (C=N–C) groups is 1. The van der Waals surface area contributed by atoms with Crippen LogP contribution in [0.15, 0.2) is 89.0 Å². The third-order valence-corrected chi connectivity index (χ3v) is 5.61. The third-order valence-electron chi connectivity index (χ3n) is 5.61. The van der Waals surface area contributed by atoms with Gasteiger partial charge < -0.3 is 0 Å². The maximum atomic E-state index is 14.4. The van der Waals surface area contributed by atoms with Gasteiger partial charge in [0.25, 0.3) is 0 Å². The predicted octanol–water partition coefficient (Wildman–Crippen LogP) is 6.73. The lowest BCUT2D eigenvalue weighted by atomic mass is 9.79. The van der Waals surface area contributed by atoms with Crippen LogP contribution < -0.4 is 0 Å². The molecule has 0 aromatic heterocycles. The topological polar surface area (TPSA) is 12.4 Å². The summed E-state index contributed by atoms with van der Waals surface area (Å²) in [6, 6.07) is 5.60. The molecule has 0 amide bonds. The van der Waals surface area contributed by atoms with Gasteiger partial charge in [-0.1, -0.05) is 62.4 Å². The summed E-state index contributed by atoms with van der Waals surface area (Å²) < 4.78 is 14.4. The summed E-state index contributed by atoms with van der Waals surface area (Å²) in [6.07, 6.45) is 19.9. The number of hydrogen-bond donors (Lipinski definition) is 0. The first-order valence-electron chi connectivity index (χ1n) is 10.1. The van der Waals surface area contributed by atoms with Gasteiger partial charge in [-0.15, -0.1) is 0 Å². The number of rotatable bonds is 4. The molecule has 1 aromatic carbocycles. The van der Waals surface area contributed by atoms with Crippen LogP contribution in [-0.4, -0.2) is 12.3 Å². The smallest absolute Gasteiger partial charge is 0.127 e.